The van der Waals surface area contributed by atoms with E-state index in [-0.39, 0.29) is 18.2 Å². The number of hydrogen-bond acceptors (Lipinski definition) is 7. The van der Waals surface area contributed by atoms with Crippen molar-refractivity contribution in [1.29, 1.82) is 0 Å². The summed E-state index contributed by atoms with van der Waals surface area (Å²) in [6, 6.07) is 17.6. The number of thioether (sulfide) groups is 1. The molecule has 3 aromatic rings. The zero-order valence-electron chi connectivity index (χ0n) is 16.6. The number of amidine groups is 1. The molecular formula is C23H19N3O4S. The number of methoxy groups -OCH3 is 1. The molecule has 0 atom stereocenters. The van der Waals surface area contributed by atoms with Gasteiger partial charge < -0.3 is 14.3 Å². The first-order valence-corrected chi connectivity index (χ1v) is 10.2. The van der Waals surface area contributed by atoms with Gasteiger partial charge in [0, 0.05) is 0 Å². The topological polar surface area (TPSA) is 87.6 Å². The monoisotopic (exact) mass is 433 g/mol. The lowest BCUT2D eigenvalue weighted by Gasteiger charge is -2.12. The molecule has 0 aliphatic carbocycles. The first-order chi connectivity index (χ1) is 15.1. The van der Waals surface area contributed by atoms with Crippen molar-refractivity contribution in [3.8, 4) is 11.5 Å². The van der Waals surface area contributed by atoms with Crippen LogP contribution in [-0.4, -0.2) is 34.4 Å². The zero-order valence-corrected chi connectivity index (χ0v) is 17.5. The summed E-state index contributed by atoms with van der Waals surface area (Å²) in [5, 5.41) is 18.4. The summed E-state index contributed by atoms with van der Waals surface area (Å²) in [4.78, 5) is 15.1. The molecule has 1 N–H and O–H groups in total. The van der Waals surface area contributed by atoms with E-state index in [1.807, 2.05) is 24.3 Å². The number of ether oxygens (including phenoxy) is 1. The minimum atomic E-state index is -0.187. The van der Waals surface area contributed by atoms with Crippen molar-refractivity contribution < 1.29 is 19.1 Å². The fraction of sp³-hybridized carbons (Fsp3) is 0.0870. The van der Waals surface area contributed by atoms with Gasteiger partial charge in [0.05, 0.1) is 31.0 Å². The fourth-order valence-corrected chi connectivity index (χ4v) is 3.77. The molecule has 1 aliphatic rings. The van der Waals surface area contributed by atoms with E-state index >= 15 is 0 Å². The van der Waals surface area contributed by atoms with Crippen LogP contribution in [0.25, 0.3) is 6.08 Å². The van der Waals surface area contributed by atoms with Crippen molar-refractivity contribution in [2.24, 2.45) is 10.2 Å². The molecule has 7 nitrogen and oxygen atoms in total. The summed E-state index contributed by atoms with van der Waals surface area (Å²) in [7, 11) is 1.61. The van der Waals surface area contributed by atoms with Gasteiger partial charge in [0.25, 0.3) is 5.91 Å². The van der Waals surface area contributed by atoms with Crippen molar-refractivity contribution >= 4 is 35.1 Å². The second kappa shape index (κ2) is 9.36. The lowest BCUT2D eigenvalue weighted by Crippen LogP contribution is -2.28. The Morgan fingerprint density at radius 3 is 2.52 bits per heavy atom. The van der Waals surface area contributed by atoms with Gasteiger partial charge in [-0.05, 0) is 77.5 Å². The van der Waals surface area contributed by atoms with Gasteiger partial charge in [-0.2, -0.15) is 5.10 Å². The zero-order chi connectivity index (χ0) is 21.6. The van der Waals surface area contributed by atoms with E-state index < -0.39 is 0 Å². The van der Waals surface area contributed by atoms with Gasteiger partial charge in [0.1, 0.15) is 17.3 Å². The number of nitrogens with zero attached hydrogens (tertiary/aromatic N) is 3. The molecule has 0 radical (unpaired) electrons. The Bertz CT molecular complexity index is 1130. The Kier molecular flexibility index (Phi) is 6.18. The van der Waals surface area contributed by atoms with E-state index in [9.17, 15) is 9.90 Å². The number of amides is 1. The van der Waals surface area contributed by atoms with Crippen LogP contribution in [0.1, 0.15) is 16.9 Å². The molecule has 1 saturated heterocycles. The smallest absolute Gasteiger partial charge is 0.267 e. The van der Waals surface area contributed by atoms with Crippen LogP contribution < -0.4 is 4.74 Å². The molecule has 0 spiro atoms. The van der Waals surface area contributed by atoms with Crippen LogP contribution in [0.3, 0.4) is 0 Å². The minimum Gasteiger partial charge on any atom is -0.508 e. The van der Waals surface area contributed by atoms with Gasteiger partial charge in [0.2, 0.25) is 0 Å². The molecule has 1 aliphatic heterocycles. The molecule has 156 valence electrons. The summed E-state index contributed by atoms with van der Waals surface area (Å²) in [5.41, 5.74) is 1.66. The quantitative estimate of drug-likeness (QED) is 0.351. The maximum Gasteiger partial charge on any atom is 0.267 e. The SMILES string of the molecule is COc1ccc(/C=N\N=C2\S/C(=C\c3ccc(O)cc3)C(=O)N2Cc2ccco2)cc1. The third-order valence-electron chi connectivity index (χ3n) is 4.44. The average Bonchev–Trinajstić information content (AvgIpc) is 3.40. The van der Waals surface area contributed by atoms with E-state index in [1.165, 1.54) is 16.7 Å². The Morgan fingerprint density at radius 1 is 1.10 bits per heavy atom. The molecule has 1 aromatic heterocycles. The van der Waals surface area contributed by atoms with Crippen molar-refractivity contribution in [1.82, 2.24) is 4.90 Å². The van der Waals surface area contributed by atoms with E-state index in [1.54, 1.807) is 62.1 Å². The Morgan fingerprint density at radius 2 is 1.84 bits per heavy atom. The van der Waals surface area contributed by atoms with E-state index in [0.29, 0.717) is 15.8 Å². The average molecular weight is 433 g/mol. The lowest BCUT2D eigenvalue weighted by molar-refractivity contribution is -0.122. The van der Waals surface area contributed by atoms with E-state index in [0.717, 1.165) is 16.9 Å². The highest BCUT2D eigenvalue weighted by Crippen LogP contribution is 2.34. The van der Waals surface area contributed by atoms with Crippen molar-refractivity contribution in [3.63, 3.8) is 0 Å². The fourth-order valence-electron chi connectivity index (χ4n) is 2.84. The molecule has 2 aromatic carbocycles. The lowest BCUT2D eigenvalue weighted by atomic mass is 10.2. The summed E-state index contributed by atoms with van der Waals surface area (Å²) >= 11 is 1.24. The third kappa shape index (κ3) is 5.04. The molecule has 0 saturated carbocycles. The Labute approximate surface area is 183 Å². The number of benzene rings is 2. The minimum absolute atomic E-state index is 0.169. The van der Waals surface area contributed by atoms with Gasteiger partial charge in [-0.15, -0.1) is 5.10 Å². The second-order valence-electron chi connectivity index (χ2n) is 6.57. The molecule has 0 bridgehead atoms. The van der Waals surface area contributed by atoms with Crippen LogP contribution in [-0.2, 0) is 11.3 Å². The predicted molar refractivity (Wildman–Crippen MR) is 121 cm³/mol. The van der Waals surface area contributed by atoms with Crippen molar-refractivity contribution in [2.75, 3.05) is 7.11 Å². The van der Waals surface area contributed by atoms with Crippen molar-refractivity contribution in [3.05, 3.63) is 88.7 Å². The predicted octanol–water partition coefficient (Wildman–Crippen LogP) is 4.50. The molecule has 8 heteroatoms. The highest BCUT2D eigenvalue weighted by molar-refractivity contribution is 8.18. The number of hydrogen-bond donors (Lipinski definition) is 1. The summed E-state index contributed by atoms with van der Waals surface area (Å²) in [6.07, 6.45) is 4.94. The number of carbonyl (C=O) groups excluding carboxylic acids is 1. The van der Waals surface area contributed by atoms with Gasteiger partial charge in [0.15, 0.2) is 5.17 Å². The highest BCUT2D eigenvalue weighted by atomic mass is 32.2. The number of aromatic hydroxyl groups is 1. The second-order valence-corrected chi connectivity index (χ2v) is 7.58. The molecule has 4 rings (SSSR count). The van der Waals surface area contributed by atoms with Gasteiger partial charge in [-0.3, -0.25) is 9.69 Å². The molecule has 1 fully saturated rings. The Hall–Kier alpha value is -3.78. The van der Waals surface area contributed by atoms with Gasteiger partial charge in [-0.25, -0.2) is 0 Å². The molecule has 1 amide bonds. The van der Waals surface area contributed by atoms with Gasteiger partial charge >= 0.3 is 0 Å². The maximum atomic E-state index is 13.0. The van der Waals surface area contributed by atoms with Gasteiger partial charge in [-0.1, -0.05) is 12.1 Å². The molecule has 31 heavy (non-hydrogen) atoms. The third-order valence-corrected chi connectivity index (χ3v) is 5.44. The number of rotatable bonds is 6. The Balaban J connectivity index is 1.59. The normalized spacial score (nSPS) is 16.7. The van der Waals surface area contributed by atoms with Crippen LogP contribution in [0, 0.1) is 0 Å². The first-order valence-electron chi connectivity index (χ1n) is 9.40. The van der Waals surface area contributed by atoms with E-state index in [4.69, 9.17) is 9.15 Å². The number of phenolic OH excluding ortho intramolecular Hbond substituents is 1. The van der Waals surface area contributed by atoms with Crippen LogP contribution in [0.5, 0.6) is 11.5 Å². The van der Waals surface area contributed by atoms with Crippen LogP contribution in [0.15, 0.2) is 86.5 Å². The largest absolute Gasteiger partial charge is 0.508 e. The molecular weight excluding hydrogens is 414 g/mol. The standard InChI is InChI=1S/C23H19N3O4S/c1-29-19-10-6-17(7-11-19)14-24-25-23-26(15-20-3-2-12-30-20)22(28)21(31-23)13-16-4-8-18(27)9-5-16/h2-14,27H,15H2,1H3/b21-13-,24-14-,25-23+. The van der Waals surface area contributed by atoms with Crippen LogP contribution in [0.4, 0.5) is 0 Å². The first kappa shape index (κ1) is 20.5. The van der Waals surface area contributed by atoms with Crippen molar-refractivity contribution in [2.45, 2.75) is 6.54 Å². The van der Waals surface area contributed by atoms with E-state index in [2.05, 4.69) is 10.2 Å². The number of phenols is 1. The maximum absolute atomic E-state index is 13.0. The summed E-state index contributed by atoms with van der Waals surface area (Å²) in [5.74, 6) is 1.38. The number of furan rings is 1. The molecule has 0 unspecified atom stereocenters. The number of carbonyl (C=O) groups is 1. The summed E-state index contributed by atoms with van der Waals surface area (Å²) < 4.78 is 10.5. The van der Waals surface area contributed by atoms with Crippen LogP contribution in [0.2, 0.25) is 0 Å². The molecule has 2 heterocycles. The van der Waals surface area contributed by atoms with Crippen LogP contribution >= 0.6 is 11.8 Å². The highest BCUT2D eigenvalue weighted by Gasteiger charge is 2.34. The summed E-state index contributed by atoms with van der Waals surface area (Å²) in [6.45, 7) is 0.253.